The highest BCUT2D eigenvalue weighted by Crippen LogP contribution is 2.36. The van der Waals surface area contributed by atoms with Crippen molar-refractivity contribution < 1.29 is 19.1 Å². The molecule has 1 fully saturated rings. The lowest BCUT2D eigenvalue weighted by Gasteiger charge is -2.26. The summed E-state index contributed by atoms with van der Waals surface area (Å²) in [6, 6.07) is 10.5. The number of rotatable bonds is 6. The molecule has 0 spiro atoms. The summed E-state index contributed by atoms with van der Waals surface area (Å²) in [7, 11) is 0. The Kier molecular flexibility index (Phi) is 5.78. The second-order valence-electron chi connectivity index (χ2n) is 7.32. The predicted molar refractivity (Wildman–Crippen MR) is 110 cm³/mol. The number of morpholine rings is 1. The summed E-state index contributed by atoms with van der Waals surface area (Å²) in [4.78, 5) is 30.8. The topological polar surface area (TPSA) is 119 Å². The number of hydrogen-bond donors (Lipinski definition) is 2. The number of hydrogen-bond acceptors (Lipinski definition) is 7. The number of carbonyl (C=O) groups excluding carboxylic acids is 1. The number of amides is 1. The van der Waals surface area contributed by atoms with Gasteiger partial charge < -0.3 is 20.0 Å². The standard InChI is InChI=1S/C22H23N3O5/c23-20(27)12-17(15-5-6-24-18-4-2-1-3-16(15)18)22-21(28)19(26)11-14(30-22)13-25-7-9-29-10-8-25/h1-6,11,17,28H,7-10,12-13H2,(H2,23,27)/t17-/m1/s1. The number of nitrogens with two attached hydrogens (primary N) is 1. The van der Waals surface area contributed by atoms with Gasteiger partial charge >= 0.3 is 0 Å². The first-order valence-electron chi connectivity index (χ1n) is 9.81. The lowest BCUT2D eigenvalue weighted by Crippen LogP contribution is -2.35. The molecule has 3 N–H and O–H groups in total. The molecular weight excluding hydrogens is 386 g/mol. The molecule has 1 atom stereocenters. The molecule has 8 nitrogen and oxygen atoms in total. The molecule has 1 amide bonds. The van der Waals surface area contributed by atoms with Crippen LogP contribution in [0, 0.1) is 0 Å². The van der Waals surface area contributed by atoms with Crippen molar-refractivity contribution in [1.82, 2.24) is 9.88 Å². The van der Waals surface area contributed by atoms with E-state index in [0.29, 0.717) is 31.1 Å². The summed E-state index contributed by atoms with van der Waals surface area (Å²) in [6.07, 6.45) is 1.50. The Morgan fingerprint density at radius 1 is 1.23 bits per heavy atom. The molecule has 1 aliphatic heterocycles. The van der Waals surface area contributed by atoms with E-state index in [4.69, 9.17) is 14.9 Å². The molecule has 1 saturated heterocycles. The number of benzene rings is 1. The van der Waals surface area contributed by atoms with Gasteiger partial charge in [-0.25, -0.2) is 0 Å². The van der Waals surface area contributed by atoms with E-state index in [2.05, 4.69) is 9.88 Å². The summed E-state index contributed by atoms with van der Waals surface area (Å²) in [5.74, 6) is -1.33. The van der Waals surface area contributed by atoms with E-state index in [1.54, 1.807) is 12.3 Å². The van der Waals surface area contributed by atoms with Crippen molar-refractivity contribution in [2.45, 2.75) is 18.9 Å². The van der Waals surface area contributed by atoms with Crippen LogP contribution in [0.4, 0.5) is 0 Å². The van der Waals surface area contributed by atoms with Gasteiger partial charge in [0.15, 0.2) is 5.76 Å². The third-order valence-electron chi connectivity index (χ3n) is 5.26. The fraction of sp³-hybridized carbons (Fsp3) is 0.318. The first-order valence-corrected chi connectivity index (χ1v) is 9.81. The van der Waals surface area contributed by atoms with Crippen LogP contribution >= 0.6 is 0 Å². The molecule has 1 aromatic carbocycles. The molecule has 0 unspecified atom stereocenters. The zero-order valence-corrected chi connectivity index (χ0v) is 16.4. The number of aromatic nitrogens is 1. The zero-order chi connectivity index (χ0) is 21.1. The average molecular weight is 409 g/mol. The summed E-state index contributed by atoms with van der Waals surface area (Å²) >= 11 is 0. The van der Waals surface area contributed by atoms with Gasteiger partial charge in [-0.3, -0.25) is 19.5 Å². The minimum atomic E-state index is -0.715. The fourth-order valence-corrected chi connectivity index (χ4v) is 3.82. The van der Waals surface area contributed by atoms with Gasteiger partial charge in [-0.05, 0) is 17.7 Å². The van der Waals surface area contributed by atoms with Gasteiger partial charge in [0.05, 0.1) is 31.2 Å². The Morgan fingerprint density at radius 2 is 2.00 bits per heavy atom. The minimum Gasteiger partial charge on any atom is -0.502 e. The maximum Gasteiger partial charge on any atom is 0.227 e. The maximum absolute atomic E-state index is 12.5. The number of para-hydroxylation sites is 1. The smallest absolute Gasteiger partial charge is 0.227 e. The summed E-state index contributed by atoms with van der Waals surface area (Å²) in [6.45, 7) is 3.08. The van der Waals surface area contributed by atoms with Gasteiger partial charge in [0.1, 0.15) is 5.76 Å². The SMILES string of the molecule is NC(=O)C[C@@H](c1oc(CN2CCOCC2)cc(=O)c1O)c1ccnc2ccccc12. The van der Waals surface area contributed by atoms with Crippen LogP contribution in [0.15, 0.2) is 51.8 Å². The Bertz CT molecular complexity index is 1120. The first kappa shape index (κ1) is 20.1. The van der Waals surface area contributed by atoms with Gasteiger partial charge in [-0.15, -0.1) is 0 Å². The molecule has 0 saturated carbocycles. The van der Waals surface area contributed by atoms with Gasteiger partial charge in [0, 0.05) is 37.2 Å². The predicted octanol–water partition coefficient (Wildman–Crippen LogP) is 1.73. The monoisotopic (exact) mass is 409 g/mol. The molecule has 156 valence electrons. The van der Waals surface area contributed by atoms with Crippen LogP contribution in [0.3, 0.4) is 0 Å². The second-order valence-corrected chi connectivity index (χ2v) is 7.32. The van der Waals surface area contributed by atoms with Crippen LogP contribution in [0.5, 0.6) is 5.75 Å². The Morgan fingerprint density at radius 3 is 2.77 bits per heavy atom. The molecule has 3 aromatic rings. The van der Waals surface area contributed by atoms with E-state index >= 15 is 0 Å². The molecule has 1 aliphatic rings. The quantitative estimate of drug-likeness (QED) is 0.636. The molecular formula is C22H23N3O5. The lowest BCUT2D eigenvalue weighted by molar-refractivity contribution is -0.118. The van der Waals surface area contributed by atoms with Crippen molar-refractivity contribution >= 4 is 16.8 Å². The molecule has 30 heavy (non-hydrogen) atoms. The van der Waals surface area contributed by atoms with Crippen LogP contribution in [0.25, 0.3) is 10.9 Å². The molecule has 0 aliphatic carbocycles. The maximum atomic E-state index is 12.5. The van der Waals surface area contributed by atoms with E-state index in [9.17, 15) is 14.7 Å². The highest BCUT2D eigenvalue weighted by Gasteiger charge is 2.27. The highest BCUT2D eigenvalue weighted by molar-refractivity contribution is 5.84. The molecule has 3 heterocycles. The van der Waals surface area contributed by atoms with Gasteiger partial charge in [-0.1, -0.05) is 18.2 Å². The zero-order valence-electron chi connectivity index (χ0n) is 16.4. The number of ether oxygens (including phenoxy) is 1. The third-order valence-corrected chi connectivity index (χ3v) is 5.26. The molecule has 2 aromatic heterocycles. The van der Waals surface area contributed by atoms with E-state index in [-0.39, 0.29) is 12.2 Å². The van der Waals surface area contributed by atoms with Crippen LogP contribution in [-0.2, 0) is 16.1 Å². The van der Waals surface area contributed by atoms with E-state index in [0.717, 1.165) is 24.0 Å². The van der Waals surface area contributed by atoms with Crippen LogP contribution in [-0.4, -0.2) is 47.2 Å². The highest BCUT2D eigenvalue weighted by atomic mass is 16.5. The molecule has 4 rings (SSSR count). The molecule has 0 radical (unpaired) electrons. The second kappa shape index (κ2) is 8.64. The van der Waals surface area contributed by atoms with Crippen molar-refractivity contribution in [2.24, 2.45) is 5.73 Å². The summed E-state index contributed by atoms with van der Waals surface area (Å²) in [5, 5.41) is 11.3. The first-order chi connectivity index (χ1) is 14.5. The summed E-state index contributed by atoms with van der Waals surface area (Å²) < 4.78 is 11.4. The number of fused-ring (bicyclic) bond motifs is 1. The third kappa shape index (κ3) is 4.19. The largest absolute Gasteiger partial charge is 0.502 e. The van der Waals surface area contributed by atoms with Crippen LogP contribution in [0.2, 0.25) is 0 Å². The number of carbonyl (C=O) groups is 1. The van der Waals surface area contributed by atoms with Crippen molar-refractivity contribution in [1.29, 1.82) is 0 Å². The number of pyridine rings is 1. The van der Waals surface area contributed by atoms with Crippen LogP contribution < -0.4 is 11.2 Å². The normalized spacial score (nSPS) is 15.9. The lowest BCUT2D eigenvalue weighted by atomic mass is 9.89. The van der Waals surface area contributed by atoms with E-state index in [1.807, 2.05) is 24.3 Å². The van der Waals surface area contributed by atoms with Gasteiger partial charge in [-0.2, -0.15) is 0 Å². The van der Waals surface area contributed by atoms with Gasteiger partial charge in [0.25, 0.3) is 0 Å². The Hall–Kier alpha value is -3.23. The van der Waals surface area contributed by atoms with E-state index < -0.39 is 23.0 Å². The Balaban J connectivity index is 1.80. The number of aromatic hydroxyl groups is 1. The average Bonchev–Trinajstić information content (AvgIpc) is 2.75. The van der Waals surface area contributed by atoms with Crippen molar-refractivity contribution in [3.63, 3.8) is 0 Å². The minimum absolute atomic E-state index is 0.0425. The van der Waals surface area contributed by atoms with Crippen molar-refractivity contribution in [3.8, 4) is 5.75 Å². The number of primary amides is 1. The van der Waals surface area contributed by atoms with Crippen LogP contribution in [0.1, 0.15) is 29.4 Å². The number of nitrogens with zero attached hydrogens (tertiary/aromatic N) is 2. The van der Waals surface area contributed by atoms with Crippen molar-refractivity contribution in [2.75, 3.05) is 26.3 Å². The molecule has 8 heteroatoms. The van der Waals surface area contributed by atoms with Crippen molar-refractivity contribution in [3.05, 3.63) is 69.9 Å². The molecule has 0 bridgehead atoms. The van der Waals surface area contributed by atoms with E-state index in [1.165, 1.54) is 6.07 Å². The Labute approximate surface area is 172 Å². The summed E-state index contributed by atoms with van der Waals surface area (Å²) in [5.41, 5.74) is 6.40. The van der Waals surface area contributed by atoms with Gasteiger partial charge in [0.2, 0.25) is 17.1 Å². The fourth-order valence-electron chi connectivity index (χ4n) is 3.82.